The summed E-state index contributed by atoms with van der Waals surface area (Å²) in [6.45, 7) is 1.28. The Bertz CT molecular complexity index is 966. The number of aromatic carboxylic acids is 1. The van der Waals surface area contributed by atoms with Crippen molar-refractivity contribution < 1.29 is 14.7 Å². The molecule has 2 N–H and O–H groups in total. The lowest BCUT2D eigenvalue weighted by Crippen LogP contribution is -2.38. The zero-order chi connectivity index (χ0) is 18.1. The summed E-state index contributed by atoms with van der Waals surface area (Å²) in [5.74, 6) is -0.921. The summed E-state index contributed by atoms with van der Waals surface area (Å²) >= 11 is 0. The third kappa shape index (κ3) is 2.94. The van der Waals surface area contributed by atoms with Crippen molar-refractivity contribution >= 4 is 22.6 Å². The zero-order valence-corrected chi connectivity index (χ0v) is 14.2. The highest BCUT2D eigenvalue weighted by molar-refractivity contribution is 5.95. The molecule has 0 bridgehead atoms. The standard InChI is InChI=1S/C20H19N3O3/c24-19(17-12-18(20(25)26)22-21-17)23-10-8-14(9-11-23)16-7-3-5-13-4-1-2-6-15(13)16/h1-7,12,14H,8-11H2,(H,21,22)(H,25,26). The Morgan fingerprint density at radius 1 is 1.08 bits per heavy atom. The first-order valence-corrected chi connectivity index (χ1v) is 8.69. The summed E-state index contributed by atoms with van der Waals surface area (Å²) < 4.78 is 0. The van der Waals surface area contributed by atoms with Gasteiger partial charge in [0.05, 0.1) is 0 Å². The van der Waals surface area contributed by atoms with Crippen LogP contribution in [-0.4, -0.2) is 45.2 Å². The largest absolute Gasteiger partial charge is 0.477 e. The maximum Gasteiger partial charge on any atom is 0.353 e. The molecule has 2 aromatic carbocycles. The number of likely N-dealkylation sites (tertiary alicyclic amines) is 1. The van der Waals surface area contributed by atoms with Gasteiger partial charge in [-0.25, -0.2) is 4.79 Å². The summed E-state index contributed by atoms with van der Waals surface area (Å²) in [5.41, 5.74) is 1.42. The number of carboxylic acid groups (broad SMARTS) is 1. The number of H-pyrrole nitrogens is 1. The average molecular weight is 349 g/mol. The molecule has 1 amide bonds. The fraction of sp³-hybridized carbons (Fsp3) is 0.250. The second kappa shape index (κ2) is 6.63. The minimum Gasteiger partial charge on any atom is -0.477 e. The van der Waals surface area contributed by atoms with Gasteiger partial charge in [0, 0.05) is 19.2 Å². The summed E-state index contributed by atoms with van der Waals surface area (Å²) in [7, 11) is 0. The molecule has 2 heterocycles. The first kappa shape index (κ1) is 16.3. The van der Waals surface area contributed by atoms with E-state index in [4.69, 9.17) is 5.11 Å². The molecule has 1 saturated heterocycles. The number of hydrogen-bond acceptors (Lipinski definition) is 3. The summed E-state index contributed by atoms with van der Waals surface area (Å²) in [6, 6.07) is 16.1. The molecule has 4 rings (SSSR count). The normalized spacial score (nSPS) is 15.3. The van der Waals surface area contributed by atoms with Crippen LogP contribution in [0.4, 0.5) is 0 Å². The molecule has 1 fully saturated rings. The van der Waals surface area contributed by atoms with Gasteiger partial charge >= 0.3 is 5.97 Å². The highest BCUT2D eigenvalue weighted by Gasteiger charge is 2.27. The van der Waals surface area contributed by atoms with Crippen LogP contribution in [0.15, 0.2) is 48.5 Å². The van der Waals surface area contributed by atoms with Gasteiger partial charge in [0.1, 0.15) is 5.69 Å². The molecule has 26 heavy (non-hydrogen) atoms. The van der Waals surface area contributed by atoms with Crippen molar-refractivity contribution in [2.75, 3.05) is 13.1 Å². The van der Waals surface area contributed by atoms with E-state index in [1.54, 1.807) is 4.90 Å². The Kier molecular flexibility index (Phi) is 4.16. The molecule has 0 unspecified atom stereocenters. The van der Waals surface area contributed by atoms with Crippen LogP contribution in [0.25, 0.3) is 10.8 Å². The number of carbonyl (C=O) groups excluding carboxylic acids is 1. The van der Waals surface area contributed by atoms with Gasteiger partial charge < -0.3 is 10.0 Å². The van der Waals surface area contributed by atoms with Crippen molar-refractivity contribution in [2.24, 2.45) is 0 Å². The second-order valence-electron chi connectivity index (χ2n) is 6.61. The first-order valence-electron chi connectivity index (χ1n) is 8.69. The fourth-order valence-electron chi connectivity index (χ4n) is 3.70. The Balaban J connectivity index is 1.48. The fourth-order valence-corrected chi connectivity index (χ4v) is 3.70. The summed E-state index contributed by atoms with van der Waals surface area (Å²) in [6.07, 6.45) is 1.77. The van der Waals surface area contributed by atoms with Crippen molar-refractivity contribution in [3.63, 3.8) is 0 Å². The van der Waals surface area contributed by atoms with Crippen LogP contribution in [-0.2, 0) is 0 Å². The molecule has 6 nitrogen and oxygen atoms in total. The number of piperidine rings is 1. The van der Waals surface area contributed by atoms with Crippen LogP contribution in [0.5, 0.6) is 0 Å². The number of hydrogen-bond donors (Lipinski definition) is 2. The number of nitrogens with zero attached hydrogens (tertiary/aromatic N) is 2. The molecule has 1 aliphatic rings. The monoisotopic (exact) mass is 349 g/mol. The minimum atomic E-state index is -1.12. The second-order valence-corrected chi connectivity index (χ2v) is 6.61. The molecule has 1 aromatic heterocycles. The van der Waals surface area contributed by atoms with Crippen molar-refractivity contribution in [1.82, 2.24) is 15.1 Å². The highest BCUT2D eigenvalue weighted by Crippen LogP contribution is 2.33. The molecule has 0 atom stereocenters. The number of aromatic nitrogens is 2. The minimum absolute atomic E-state index is 0.0704. The smallest absolute Gasteiger partial charge is 0.353 e. The molecule has 0 aliphatic carbocycles. The van der Waals surface area contributed by atoms with E-state index < -0.39 is 5.97 Å². The van der Waals surface area contributed by atoms with Crippen molar-refractivity contribution in [1.29, 1.82) is 0 Å². The molecular formula is C20H19N3O3. The van der Waals surface area contributed by atoms with Crippen LogP contribution in [0, 0.1) is 0 Å². The highest BCUT2D eigenvalue weighted by atomic mass is 16.4. The Morgan fingerprint density at radius 2 is 1.81 bits per heavy atom. The van der Waals surface area contributed by atoms with Crippen molar-refractivity contribution in [3.8, 4) is 0 Å². The van der Waals surface area contributed by atoms with Crippen LogP contribution >= 0.6 is 0 Å². The predicted octanol–water partition coefficient (Wildman–Crippen LogP) is 3.28. The van der Waals surface area contributed by atoms with Crippen molar-refractivity contribution in [3.05, 3.63) is 65.5 Å². The number of benzene rings is 2. The van der Waals surface area contributed by atoms with E-state index in [1.165, 1.54) is 22.4 Å². The van der Waals surface area contributed by atoms with Crippen LogP contribution < -0.4 is 0 Å². The molecule has 132 valence electrons. The van der Waals surface area contributed by atoms with Crippen molar-refractivity contribution in [2.45, 2.75) is 18.8 Å². The van der Waals surface area contributed by atoms with Gasteiger partial charge in [-0.2, -0.15) is 5.10 Å². The molecular weight excluding hydrogens is 330 g/mol. The Morgan fingerprint density at radius 3 is 2.54 bits per heavy atom. The molecule has 6 heteroatoms. The van der Waals surface area contributed by atoms with Crippen LogP contribution in [0.2, 0.25) is 0 Å². The lowest BCUT2D eigenvalue weighted by molar-refractivity contribution is 0.0688. The van der Waals surface area contributed by atoms with E-state index >= 15 is 0 Å². The quantitative estimate of drug-likeness (QED) is 0.760. The van der Waals surface area contributed by atoms with Gasteiger partial charge in [0.2, 0.25) is 0 Å². The molecule has 0 radical (unpaired) electrons. The van der Waals surface area contributed by atoms with Gasteiger partial charge in [-0.1, -0.05) is 42.5 Å². The predicted molar refractivity (Wildman–Crippen MR) is 97.4 cm³/mol. The van der Waals surface area contributed by atoms with E-state index in [2.05, 4.69) is 46.6 Å². The molecule has 0 saturated carbocycles. The number of rotatable bonds is 3. The molecule has 0 spiro atoms. The number of carboxylic acids is 1. The average Bonchev–Trinajstić information content (AvgIpc) is 3.18. The number of nitrogens with one attached hydrogen (secondary N) is 1. The number of carbonyl (C=O) groups is 2. The van der Waals surface area contributed by atoms with Crippen LogP contribution in [0.1, 0.15) is 45.3 Å². The van der Waals surface area contributed by atoms with E-state index in [1.807, 2.05) is 6.07 Å². The van der Waals surface area contributed by atoms with E-state index in [0.717, 1.165) is 12.8 Å². The number of amides is 1. The van der Waals surface area contributed by atoms with E-state index in [-0.39, 0.29) is 17.3 Å². The Hall–Kier alpha value is -3.15. The summed E-state index contributed by atoms with van der Waals surface area (Å²) in [5, 5.41) is 17.7. The SMILES string of the molecule is O=C(O)c1cc(C(=O)N2CCC(c3cccc4ccccc34)CC2)n[nH]1. The van der Waals surface area contributed by atoms with E-state index in [9.17, 15) is 9.59 Å². The first-order chi connectivity index (χ1) is 12.6. The lowest BCUT2D eigenvalue weighted by Gasteiger charge is -2.32. The lowest BCUT2D eigenvalue weighted by atomic mass is 9.86. The maximum atomic E-state index is 12.5. The topological polar surface area (TPSA) is 86.3 Å². The van der Waals surface area contributed by atoms with Gasteiger partial charge in [-0.15, -0.1) is 0 Å². The van der Waals surface area contributed by atoms with E-state index in [0.29, 0.717) is 19.0 Å². The third-order valence-corrected chi connectivity index (χ3v) is 5.07. The third-order valence-electron chi connectivity index (χ3n) is 5.07. The molecule has 3 aromatic rings. The Labute approximate surface area is 150 Å². The van der Waals surface area contributed by atoms with Gasteiger partial charge in [-0.3, -0.25) is 9.89 Å². The van der Waals surface area contributed by atoms with Gasteiger partial charge in [0.25, 0.3) is 5.91 Å². The van der Waals surface area contributed by atoms with Gasteiger partial charge in [-0.05, 0) is 35.1 Å². The zero-order valence-electron chi connectivity index (χ0n) is 14.2. The van der Waals surface area contributed by atoms with Crippen LogP contribution in [0.3, 0.4) is 0 Å². The summed E-state index contributed by atoms with van der Waals surface area (Å²) in [4.78, 5) is 25.2. The number of fused-ring (bicyclic) bond motifs is 1. The molecule has 1 aliphatic heterocycles. The number of aromatic amines is 1. The van der Waals surface area contributed by atoms with Gasteiger partial charge in [0.15, 0.2) is 5.69 Å². The maximum absolute atomic E-state index is 12.5.